The summed E-state index contributed by atoms with van der Waals surface area (Å²) < 4.78 is 18.4. The lowest BCUT2D eigenvalue weighted by Gasteiger charge is -2.30. The normalized spacial score (nSPS) is 15.6. The Morgan fingerprint density at radius 1 is 0.830 bits per heavy atom. The van der Waals surface area contributed by atoms with Gasteiger partial charge in [0.05, 0.1) is 55.8 Å². The van der Waals surface area contributed by atoms with Crippen molar-refractivity contribution in [2.24, 2.45) is 0 Å². The Morgan fingerprint density at radius 3 is 2.30 bits per heavy atom. The lowest BCUT2D eigenvalue weighted by molar-refractivity contribution is -0.135. The molecule has 11 heteroatoms. The van der Waals surface area contributed by atoms with Crippen LogP contribution in [0.15, 0.2) is 102 Å². The van der Waals surface area contributed by atoms with E-state index >= 15 is 0 Å². The summed E-state index contributed by atoms with van der Waals surface area (Å²) in [6.07, 6.45) is 1.55. The number of carbonyl (C=O) groups excluding carboxylic acids is 2. The number of carboxylic acids is 1. The van der Waals surface area contributed by atoms with E-state index in [9.17, 15) is 19.5 Å². The zero-order valence-electron chi connectivity index (χ0n) is 25.9. The van der Waals surface area contributed by atoms with Crippen molar-refractivity contribution in [3.05, 3.63) is 118 Å². The summed E-state index contributed by atoms with van der Waals surface area (Å²) in [5, 5.41) is 15.0. The molecule has 1 fully saturated rings. The molecular formula is C36H36BrN3O7. The smallest absolute Gasteiger partial charge is 0.335 e. The molecule has 0 aromatic heterocycles. The van der Waals surface area contributed by atoms with Gasteiger partial charge in [-0.2, -0.15) is 0 Å². The quantitative estimate of drug-likeness (QED) is 0.137. The van der Waals surface area contributed by atoms with Gasteiger partial charge < -0.3 is 34.9 Å². The molecule has 4 aromatic carbocycles. The van der Waals surface area contributed by atoms with Crippen molar-refractivity contribution < 1.29 is 33.7 Å². The molecule has 2 unspecified atom stereocenters. The first-order valence-corrected chi connectivity index (χ1v) is 16.0. The van der Waals surface area contributed by atoms with E-state index in [1.54, 1.807) is 36.4 Å². The number of carboxylic acid groups (broad SMARTS) is 1. The number of benzene rings is 4. The van der Waals surface area contributed by atoms with Gasteiger partial charge in [-0.3, -0.25) is 4.79 Å². The molecule has 0 aliphatic carbocycles. The Hall–Kier alpha value is -4.87. The number of hydrogen-bond donors (Lipinski definition) is 3. The number of ether oxygens (including phenoxy) is 3. The second kappa shape index (κ2) is 16.1. The number of urea groups is 1. The fraction of sp³-hybridized carbons (Fsp3) is 0.250. The van der Waals surface area contributed by atoms with E-state index in [4.69, 9.17) is 14.2 Å². The Bertz CT molecular complexity index is 1700. The number of nitrogens with zero attached hydrogens (tertiary/aromatic N) is 1. The molecule has 244 valence electrons. The number of aromatic carboxylic acids is 1. The number of hydrogen-bond acceptors (Lipinski definition) is 6. The summed E-state index contributed by atoms with van der Waals surface area (Å²) in [4.78, 5) is 39.9. The third-order valence-electron chi connectivity index (χ3n) is 7.84. The van der Waals surface area contributed by atoms with Gasteiger partial charge in [0.1, 0.15) is 18.1 Å². The first-order valence-electron chi connectivity index (χ1n) is 15.2. The maximum atomic E-state index is 13.9. The molecule has 2 atom stereocenters. The standard InChI is InChI=1S/C36H36BrN3O7/c1-45-33-18-25(14-17-32(33)39-36(44)38-31-13-6-5-12-30(31)37)19-34(41)40-27(22-46-21-24-8-3-2-4-9-24)15-16-28(40)23-47-29-11-7-10-26(20-29)35(42)43/h2-14,17-18,20,27-28H,15-16,19,21-23H2,1H3,(H,42,43)(H2,38,39,44). The van der Waals surface area contributed by atoms with Crippen LogP contribution >= 0.6 is 15.9 Å². The van der Waals surface area contributed by atoms with E-state index in [1.165, 1.54) is 19.2 Å². The van der Waals surface area contributed by atoms with E-state index in [-0.39, 0.29) is 36.6 Å². The predicted molar refractivity (Wildman–Crippen MR) is 182 cm³/mol. The molecule has 4 aromatic rings. The van der Waals surface area contributed by atoms with E-state index in [1.807, 2.05) is 53.4 Å². The van der Waals surface area contributed by atoms with E-state index in [0.717, 1.165) is 16.5 Å². The van der Waals surface area contributed by atoms with Gasteiger partial charge in [-0.05, 0) is 82.4 Å². The number of carbonyl (C=O) groups is 3. The number of halogens is 1. The summed E-state index contributed by atoms with van der Waals surface area (Å²) in [6.45, 7) is 1.01. The molecule has 0 bridgehead atoms. The van der Waals surface area contributed by atoms with Gasteiger partial charge in [0, 0.05) is 4.47 Å². The topological polar surface area (TPSA) is 126 Å². The fourth-order valence-electron chi connectivity index (χ4n) is 5.55. The molecule has 10 nitrogen and oxygen atoms in total. The SMILES string of the molecule is COc1cc(CC(=O)N2C(COCc3ccccc3)CCC2COc2cccc(C(=O)O)c2)ccc1NC(=O)Nc1ccccc1Br. The summed E-state index contributed by atoms with van der Waals surface area (Å²) >= 11 is 3.42. The van der Waals surface area contributed by atoms with Gasteiger partial charge in [0.25, 0.3) is 0 Å². The molecule has 1 heterocycles. The minimum absolute atomic E-state index is 0.0972. The lowest BCUT2D eigenvalue weighted by Crippen LogP contribution is -2.46. The van der Waals surface area contributed by atoms with E-state index in [0.29, 0.717) is 48.1 Å². The molecule has 3 amide bonds. The van der Waals surface area contributed by atoms with Gasteiger partial charge in [-0.25, -0.2) is 9.59 Å². The zero-order chi connectivity index (χ0) is 33.2. The second-order valence-electron chi connectivity index (χ2n) is 11.1. The third-order valence-corrected chi connectivity index (χ3v) is 8.54. The molecule has 0 saturated carbocycles. The average Bonchev–Trinajstić information content (AvgIpc) is 3.49. The summed E-state index contributed by atoms with van der Waals surface area (Å²) in [5.74, 6) is -0.291. The highest BCUT2D eigenvalue weighted by molar-refractivity contribution is 9.10. The molecule has 1 aliphatic heterocycles. The van der Waals surface area contributed by atoms with Crippen molar-refractivity contribution in [2.75, 3.05) is 31.0 Å². The molecular weight excluding hydrogens is 666 g/mol. The third kappa shape index (κ3) is 9.11. The van der Waals surface area contributed by atoms with Crippen LogP contribution in [0.5, 0.6) is 11.5 Å². The molecule has 1 aliphatic rings. The monoisotopic (exact) mass is 701 g/mol. The number of methoxy groups -OCH3 is 1. The summed E-state index contributed by atoms with van der Waals surface area (Å²) in [7, 11) is 1.51. The maximum absolute atomic E-state index is 13.9. The largest absolute Gasteiger partial charge is 0.495 e. The first-order chi connectivity index (χ1) is 22.8. The molecule has 3 N–H and O–H groups in total. The molecule has 5 rings (SSSR count). The van der Waals surface area contributed by atoms with Crippen molar-refractivity contribution in [2.45, 2.75) is 38.0 Å². The van der Waals surface area contributed by atoms with E-state index in [2.05, 4.69) is 26.6 Å². The predicted octanol–water partition coefficient (Wildman–Crippen LogP) is 7.00. The highest BCUT2D eigenvalue weighted by atomic mass is 79.9. The van der Waals surface area contributed by atoms with Crippen LogP contribution in [0, 0.1) is 0 Å². The van der Waals surface area contributed by atoms with Gasteiger partial charge in [0.15, 0.2) is 0 Å². The molecule has 47 heavy (non-hydrogen) atoms. The molecule has 0 spiro atoms. The van der Waals surface area contributed by atoms with Crippen LogP contribution in [0.3, 0.4) is 0 Å². The van der Waals surface area contributed by atoms with E-state index < -0.39 is 12.0 Å². The highest BCUT2D eigenvalue weighted by Crippen LogP contribution is 2.30. The number of likely N-dealkylation sites (tertiary alicyclic amines) is 1. The number of rotatable bonds is 13. The number of nitrogens with one attached hydrogen (secondary N) is 2. The zero-order valence-corrected chi connectivity index (χ0v) is 27.4. The number of para-hydroxylation sites is 1. The fourth-order valence-corrected chi connectivity index (χ4v) is 5.93. The summed E-state index contributed by atoms with van der Waals surface area (Å²) in [5.41, 5.74) is 2.97. The highest BCUT2D eigenvalue weighted by Gasteiger charge is 2.37. The van der Waals surface area contributed by atoms with Crippen LogP contribution in [-0.4, -0.2) is 60.3 Å². The Morgan fingerprint density at radius 2 is 1.55 bits per heavy atom. The number of amides is 3. The summed E-state index contributed by atoms with van der Waals surface area (Å²) in [6, 6.07) is 27.9. The van der Waals surface area contributed by atoms with Crippen molar-refractivity contribution in [3.8, 4) is 11.5 Å². The Labute approximate surface area is 281 Å². The lowest BCUT2D eigenvalue weighted by atomic mass is 10.1. The van der Waals surface area contributed by atoms with Crippen molar-refractivity contribution >= 4 is 45.2 Å². The van der Waals surface area contributed by atoms with Crippen molar-refractivity contribution in [1.29, 1.82) is 0 Å². The van der Waals surface area contributed by atoms with Crippen LogP contribution in [0.25, 0.3) is 0 Å². The van der Waals surface area contributed by atoms with Crippen molar-refractivity contribution in [3.63, 3.8) is 0 Å². The van der Waals surface area contributed by atoms with Gasteiger partial charge in [-0.15, -0.1) is 0 Å². The van der Waals surface area contributed by atoms with Crippen LogP contribution in [0.4, 0.5) is 16.2 Å². The Balaban J connectivity index is 1.27. The van der Waals surface area contributed by atoms with Crippen LogP contribution in [0.1, 0.15) is 34.3 Å². The maximum Gasteiger partial charge on any atom is 0.335 e. The molecule has 1 saturated heterocycles. The van der Waals surface area contributed by atoms with Crippen LogP contribution < -0.4 is 20.1 Å². The average molecular weight is 703 g/mol. The Kier molecular flexibility index (Phi) is 11.5. The van der Waals surface area contributed by atoms with Crippen LogP contribution in [-0.2, 0) is 22.6 Å². The minimum Gasteiger partial charge on any atom is -0.495 e. The van der Waals surface area contributed by atoms with Gasteiger partial charge in [-0.1, -0.05) is 54.6 Å². The van der Waals surface area contributed by atoms with Crippen molar-refractivity contribution in [1.82, 2.24) is 4.90 Å². The second-order valence-corrected chi connectivity index (χ2v) is 12.0. The first kappa shape index (κ1) is 33.5. The van der Waals surface area contributed by atoms with Gasteiger partial charge in [0.2, 0.25) is 5.91 Å². The number of anilines is 2. The van der Waals surface area contributed by atoms with Crippen LogP contribution in [0.2, 0.25) is 0 Å². The molecule has 0 radical (unpaired) electrons. The van der Waals surface area contributed by atoms with Gasteiger partial charge >= 0.3 is 12.0 Å². The minimum atomic E-state index is -1.04.